The summed E-state index contributed by atoms with van der Waals surface area (Å²) in [5.74, 6) is -1.81. The van der Waals surface area contributed by atoms with Crippen molar-refractivity contribution in [2.45, 2.75) is 5.25 Å². The van der Waals surface area contributed by atoms with E-state index in [1.54, 1.807) is 0 Å². The summed E-state index contributed by atoms with van der Waals surface area (Å²) in [4.78, 5) is 33.9. The van der Waals surface area contributed by atoms with Crippen molar-refractivity contribution in [3.63, 3.8) is 0 Å². The minimum atomic E-state index is -1.32. The molecule has 2 bridgehead atoms. The molecule has 0 spiro atoms. The lowest BCUT2D eigenvalue weighted by Gasteiger charge is -2.13. The second kappa shape index (κ2) is 3.51. The van der Waals surface area contributed by atoms with Crippen molar-refractivity contribution < 1.29 is 19.5 Å². The van der Waals surface area contributed by atoms with Crippen LogP contribution in [-0.4, -0.2) is 27.2 Å². The summed E-state index contributed by atoms with van der Waals surface area (Å²) >= 11 is 0.551. The number of hydrogen-bond acceptors (Lipinski definition) is 4. The Kier molecular flexibility index (Phi) is 2.32. The van der Waals surface area contributed by atoms with Gasteiger partial charge in [-0.05, 0) is 12.1 Å². The third-order valence-electron chi connectivity index (χ3n) is 2.09. The van der Waals surface area contributed by atoms with Crippen LogP contribution in [0.5, 0.6) is 0 Å². The summed E-state index contributed by atoms with van der Waals surface area (Å²) in [6, 6.07) is 6.01. The highest BCUT2D eigenvalue weighted by molar-refractivity contribution is 8.15. The Morgan fingerprint density at radius 2 is 1.67 bits per heavy atom. The zero-order valence-corrected chi connectivity index (χ0v) is 8.28. The molecule has 2 aliphatic rings. The van der Waals surface area contributed by atoms with Crippen molar-refractivity contribution in [2.75, 3.05) is 0 Å². The number of ketones is 1. The second-order valence-electron chi connectivity index (χ2n) is 3.07. The van der Waals surface area contributed by atoms with Crippen molar-refractivity contribution in [3.8, 4) is 0 Å². The molecule has 5 heteroatoms. The van der Waals surface area contributed by atoms with E-state index in [1.165, 1.54) is 24.3 Å². The van der Waals surface area contributed by atoms with Crippen molar-refractivity contribution in [2.24, 2.45) is 0 Å². The maximum atomic E-state index is 11.6. The van der Waals surface area contributed by atoms with Crippen LogP contribution in [-0.2, 0) is 4.79 Å². The first kappa shape index (κ1) is 9.92. The Morgan fingerprint density at radius 1 is 1.13 bits per heavy atom. The van der Waals surface area contributed by atoms with Gasteiger partial charge < -0.3 is 5.11 Å². The largest absolute Gasteiger partial charge is 0.480 e. The standard InChI is InChI=1S/C10H6O4S/c11-7-5-1-3-6(4-2-5)10(14)15-8(7)9(12)13/h1-4,8H,(H,12,13). The minimum Gasteiger partial charge on any atom is -0.480 e. The van der Waals surface area contributed by atoms with Crippen LogP contribution in [0.2, 0.25) is 0 Å². The van der Waals surface area contributed by atoms with Gasteiger partial charge in [-0.15, -0.1) is 0 Å². The molecule has 0 saturated heterocycles. The fourth-order valence-corrected chi connectivity index (χ4v) is 2.14. The van der Waals surface area contributed by atoms with Gasteiger partial charge in [0.1, 0.15) is 0 Å². The summed E-state index contributed by atoms with van der Waals surface area (Å²) in [7, 11) is 0. The van der Waals surface area contributed by atoms with Crippen molar-refractivity contribution in [3.05, 3.63) is 35.4 Å². The lowest BCUT2D eigenvalue weighted by atomic mass is 10.1. The van der Waals surface area contributed by atoms with Gasteiger partial charge in [-0.25, -0.2) is 0 Å². The van der Waals surface area contributed by atoms with Crippen LogP contribution in [0.25, 0.3) is 0 Å². The van der Waals surface area contributed by atoms with E-state index in [4.69, 9.17) is 5.11 Å². The quantitative estimate of drug-likeness (QED) is 0.723. The van der Waals surface area contributed by atoms with Gasteiger partial charge >= 0.3 is 5.97 Å². The summed E-state index contributed by atoms with van der Waals surface area (Å²) < 4.78 is 0. The molecule has 1 aromatic rings. The fraction of sp³-hybridized carbons (Fsp3) is 0.100. The van der Waals surface area contributed by atoms with Crippen LogP contribution in [0.1, 0.15) is 20.7 Å². The molecule has 0 saturated carbocycles. The summed E-state index contributed by atoms with van der Waals surface area (Å²) in [5.41, 5.74) is 0.744. The smallest absolute Gasteiger partial charge is 0.325 e. The predicted molar refractivity (Wildman–Crippen MR) is 54.1 cm³/mol. The molecule has 15 heavy (non-hydrogen) atoms. The number of fused-ring (bicyclic) bond motifs is 5. The highest BCUT2D eigenvalue weighted by Gasteiger charge is 2.32. The molecule has 0 radical (unpaired) electrons. The summed E-state index contributed by atoms with van der Waals surface area (Å²) in [5, 5.41) is 7.10. The van der Waals surface area contributed by atoms with Gasteiger partial charge in [0.15, 0.2) is 11.0 Å². The number of carbonyl (C=O) groups excluding carboxylic acids is 2. The Morgan fingerprint density at radius 3 is 2.20 bits per heavy atom. The molecule has 1 atom stereocenters. The van der Waals surface area contributed by atoms with Gasteiger partial charge in [-0.2, -0.15) is 0 Å². The molecule has 1 unspecified atom stereocenters. The lowest BCUT2D eigenvalue weighted by Crippen LogP contribution is -2.29. The number of thioether (sulfide) groups is 1. The number of Topliss-reactive ketones (excluding diaryl/α,β-unsaturated/α-hetero) is 1. The molecule has 1 aromatic carbocycles. The van der Waals surface area contributed by atoms with E-state index in [1.807, 2.05) is 0 Å². The van der Waals surface area contributed by atoms with Crippen LogP contribution in [0.15, 0.2) is 24.3 Å². The van der Waals surface area contributed by atoms with E-state index >= 15 is 0 Å². The van der Waals surface area contributed by atoms with Crippen LogP contribution >= 0.6 is 11.8 Å². The number of carboxylic acid groups (broad SMARTS) is 1. The lowest BCUT2D eigenvalue weighted by molar-refractivity contribution is -0.135. The molecular weight excluding hydrogens is 216 g/mol. The maximum absolute atomic E-state index is 11.6. The highest BCUT2D eigenvalue weighted by Crippen LogP contribution is 2.25. The van der Waals surface area contributed by atoms with E-state index in [-0.39, 0.29) is 5.12 Å². The fourth-order valence-electron chi connectivity index (χ4n) is 1.31. The number of hydrogen-bond donors (Lipinski definition) is 1. The first-order valence-corrected chi connectivity index (χ1v) is 5.05. The minimum absolute atomic E-state index is 0.325. The third kappa shape index (κ3) is 1.66. The van der Waals surface area contributed by atoms with E-state index in [9.17, 15) is 14.4 Å². The molecule has 0 fully saturated rings. The average molecular weight is 222 g/mol. The second-order valence-corrected chi connectivity index (χ2v) is 4.14. The van der Waals surface area contributed by atoms with Gasteiger partial charge in [0.2, 0.25) is 5.12 Å². The highest BCUT2D eigenvalue weighted by atomic mass is 32.2. The maximum Gasteiger partial charge on any atom is 0.325 e. The molecular formula is C10H6O4S. The average Bonchev–Trinajstić information content (AvgIpc) is 2.23. The molecule has 2 heterocycles. The monoisotopic (exact) mass is 222 g/mol. The zero-order chi connectivity index (χ0) is 11.0. The Bertz CT molecular complexity index is 449. The molecule has 2 aliphatic heterocycles. The predicted octanol–water partition coefficient (Wildman–Crippen LogP) is 1.21. The van der Waals surface area contributed by atoms with Gasteiger partial charge in [0.25, 0.3) is 0 Å². The molecule has 0 amide bonds. The number of aliphatic carboxylic acids is 1. The van der Waals surface area contributed by atoms with Crippen LogP contribution in [0.3, 0.4) is 0 Å². The van der Waals surface area contributed by atoms with Crippen LogP contribution in [0.4, 0.5) is 0 Å². The first-order valence-electron chi connectivity index (χ1n) is 4.17. The number of benzene rings is 1. The molecule has 3 rings (SSSR count). The summed E-state index contributed by atoms with van der Waals surface area (Å²) in [6.45, 7) is 0. The van der Waals surface area contributed by atoms with Crippen LogP contribution < -0.4 is 0 Å². The van der Waals surface area contributed by atoms with Gasteiger partial charge in [0, 0.05) is 11.1 Å². The summed E-state index contributed by atoms with van der Waals surface area (Å²) in [6.07, 6.45) is 0. The number of rotatable bonds is 1. The normalized spacial score (nSPS) is 19.9. The Balaban J connectivity index is 2.53. The third-order valence-corrected chi connectivity index (χ3v) is 3.19. The van der Waals surface area contributed by atoms with Crippen molar-refractivity contribution in [1.82, 2.24) is 0 Å². The molecule has 76 valence electrons. The Labute approximate surface area is 89.3 Å². The van der Waals surface area contributed by atoms with E-state index in [0.717, 1.165) is 0 Å². The molecule has 4 nitrogen and oxygen atoms in total. The Hall–Kier alpha value is -1.62. The molecule has 1 N–H and O–H groups in total. The van der Waals surface area contributed by atoms with Gasteiger partial charge in [0.05, 0.1) is 0 Å². The first-order chi connectivity index (χ1) is 7.09. The van der Waals surface area contributed by atoms with Crippen LogP contribution in [0, 0.1) is 0 Å². The van der Waals surface area contributed by atoms with Gasteiger partial charge in [-0.3, -0.25) is 14.4 Å². The van der Waals surface area contributed by atoms with E-state index in [2.05, 4.69) is 0 Å². The topological polar surface area (TPSA) is 71.4 Å². The van der Waals surface area contributed by atoms with Gasteiger partial charge in [-0.1, -0.05) is 23.9 Å². The van der Waals surface area contributed by atoms with Crippen molar-refractivity contribution >= 4 is 28.6 Å². The van der Waals surface area contributed by atoms with E-state index < -0.39 is 17.0 Å². The zero-order valence-electron chi connectivity index (χ0n) is 7.47. The van der Waals surface area contributed by atoms with Crippen molar-refractivity contribution in [1.29, 1.82) is 0 Å². The molecule has 0 aliphatic carbocycles. The number of carbonyl (C=O) groups is 3. The van der Waals surface area contributed by atoms with E-state index in [0.29, 0.717) is 22.9 Å². The SMILES string of the molecule is O=C1SC(C(=O)O)C(=O)c2ccc1cc2. The molecule has 0 aromatic heterocycles. The number of carboxylic acids is 1.